The Morgan fingerprint density at radius 1 is 1.09 bits per heavy atom. The highest BCUT2D eigenvalue weighted by atomic mass is 32.2. The Morgan fingerprint density at radius 3 is 2.32 bits per heavy atom. The number of para-hydroxylation sites is 1. The Kier molecular flexibility index (Phi) is 5.26. The second-order valence-electron chi connectivity index (χ2n) is 4.84. The van der Waals surface area contributed by atoms with Crippen LogP contribution in [0.3, 0.4) is 0 Å². The Labute approximate surface area is 134 Å². The van der Waals surface area contributed by atoms with Crippen LogP contribution in [-0.4, -0.2) is 26.8 Å². The van der Waals surface area contributed by atoms with Crippen LogP contribution < -0.4 is 5.32 Å². The topological polar surface area (TPSA) is 63.2 Å². The number of anilines is 1. The van der Waals surface area contributed by atoms with Gasteiger partial charge in [-0.3, -0.25) is 4.79 Å². The average Bonchev–Trinajstić information content (AvgIpc) is 2.47. The molecule has 0 heterocycles. The molecule has 0 fully saturated rings. The van der Waals surface area contributed by atoms with Crippen LogP contribution in [0.2, 0.25) is 0 Å². The van der Waals surface area contributed by atoms with Gasteiger partial charge < -0.3 is 5.32 Å². The van der Waals surface area contributed by atoms with E-state index in [2.05, 4.69) is 5.32 Å². The Balaban J connectivity index is 2.12. The van der Waals surface area contributed by atoms with Gasteiger partial charge in [0.15, 0.2) is 9.84 Å². The third kappa shape index (κ3) is 4.35. The molecule has 2 aromatic carbocycles. The minimum atomic E-state index is -3.38. The van der Waals surface area contributed by atoms with Gasteiger partial charge in [0.05, 0.1) is 17.0 Å². The fourth-order valence-corrected chi connectivity index (χ4v) is 3.27. The number of sulfone groups is 1. The van der Waals surface area contributed by atoms with Crippen molar-refractivity contribution in [1.29, 1.82) is 0 Å². The molecule has 0 atom stereocenters. The van der Waals surface area contributed by atoms with E-state index in [0.29, 0.717) is 5.69 Å². The van der Waals surface area contributed by atoms with Crippen LogP contribution in [0, 0.1) is 0 Å². The van der Waals surface area contributed by atoms with Crippen molar-refractivity contribution < 1.29 is 13.2 Å². The molecule has 22 heavy (non-hydrogen) atoms. The second kappa shape index (κ2) is 6.98. The predicted molar refractivity (Wildman–Crippen MR) is 90.1 cm³/mol. The van der Waals surface area contributed by atoms with Crippen LogP contribution in [0.15, 0.2) is 58.3 Å². The summed E-state index contributed by atoms with van der Waals surface area (Å²) in [5, 5.41) is 2.67. The summed E-state index contributed by atoms with van der Waals surface area (Å²) >= 11 is 1.64. The Bertz CT molecular complexity index is 768. The zero-order valence-corrected chi connectivity index (χ0v) is 14.0. The molecule has 0 aliphatic carbocycles. The number of benzene rings is 2. The second-order valence-corrected chi connectivity index (χ2v) is 7.71. The largest absolute Gasteiger partial charge is 0.325 e. The zero-order valence-electron chi connectivity index (χ0n) is 12.4. The lowest BCUT2D eigenvalue weighted by molar-refractivity contribution is -0.115. The van der Waals surface area contributed by atoms with Crippen molar-refractivity contribution in [3.05, 3.63) is 54.1 Å². The lowest BCUT2D eigenvalue weighted by Crippen LogP contribution is -2.16. The number of hydrogen-bond donors (Lipinski definition) is 1. The molecule has 0 bridgehead atoms. The first-order valence-electron chi connectivity index (χ1n) is 6.62. The van der Waals surface area contributed by atoms with E-state index >= 15 is 0 Å². The number of nitrogens with one attached hydrogen (secondary N) is 1. The van der Waals surface area contributed by atoms with E-state index in [0.717, 1.165) is 16.7 Å². The summed E-state index contributed by atoms with van der Waals surface area (Å²) in [6.45, 7) is 0. The Morgan fingerprint density at radius 2 is 1.73 bits per heavy atom. The van der Waals surface area contributed by atoms with Crippen LogP contribution in [0.4, 0.5) is 5.69 Å². The summed E-state index contributed by atoms with van der Waals surface area (Å²) in [6, 6.07) is 14.1. The lowest BCUT2D eigenvalue weighted by Gasteiger charge is -2.10. The molecule has 0 spiro atoms. The highest BCUT2D eigenvalue weighted by Crippen LogP contribution is 2.21. The van der Waals surface area contributed by atoms with Gasteiger partial charge in [0.25, 0.3) is 0 Å². The molecule has 0 aromatic heterocycles. The van der Waals surface area contributed by atoms with Gasteiger partial charge in [0.2, 0.25) is 5.91 Å². The molecule has 1 amide bonds. The van der Waals surface area contributed by atoms with Crippen molar-refractivity contribution in [1.82, 2.24) is 0 Å². The SMILES string of the molecule is CSc1ccc(CC(=O)Nc2ccccc2S(C)(=O)=O)cc1. The molecular weight excluding hydrogens is 318 g/mol. The van der Waals surface area contributed by atoms with Crippen LogP contribution in [0.1, 0.15) is 5.56 Å². The highest BCUT2D eigenvalue weighted by Gasteiger charge is 2.14. The maximum absolute atomic E-state index is 12.1. The monoisotopic (exact) mass is 335 g/mol. The summed E-state index contributed by atoms with van der Waals surface area (Å²) in [5.41, 5.74) is 1.20. The van der Waals surface area contributed by atoms with E-state index in [4.69, 9.17) is 0 Å². The van der Waals surface area contributed by atoms with Crippen molar-refractivity contribution in [3.63, 3.8) is 0 Å². The first-order valence-corrected chi connectivity index (χ1v) is 9.73. The van der Waals surface area contributed by atoms with Crippen molar-refractivity contribution in [3.8, 4) is 0 Å². The van der Waals surface area contributed by atoms with Gasteiger partial charge in [0.1, 0.15) is 0 Å². The minimum absolute atomic E-state index is 0.126. The van der Waals surface area contributed by atoms with Crippen LogP contribution in [0.5, 0.6) is 0 Å². The molecule has 116 valence electrons. The fraction of sp³-hybridized carbons (Fsp3) is 0.188. The number of hydrogen-bond acceptors (Lipinski definition) is 4. The molecule has 2 aromatic rings. The summed E-state index contributed by atoms with van der Waals surface area (Å²) in [6.07, 6.45) is 3.32. The van der Waals surface area contributed by atoms with Crippen LogP contribution >= 0.6 is 11.8 Å². The first-order chi connectivity index (χ1) is 10.4. The molecule has 0 radical (unpaired) electrons. The molecule has 0 aliphatic rings. The molecule has 0 saturated heterocycles. The summed E-state index contributed by atoms with van der Waals surface area (Å²) in [5.74, 6) is -0.243. The van der Waals surface area contributed by atoms with Crippen molar-refractivity contribution in [2.75, 3.05) is 17.8 Å². The molecule has 0 aliphatic heterocycles. The summed E-state index contributed by atoms with van der Waals surface area (Å²) in [4.78, 5) is 13.4. The average molecular weight is 335 g/mol. The van der Waals surface area contributed by atoms with Crippen molar-refractivity contribution in [2.45, 2.75) is 16.2 Å². The third-order valence-corrected chi connectivity index (χ3v) is 4.98. The predicted octanol–water partition coefficient (Wildman–Crippen LogP) is 2.99. The fourth-order valence-electron chi connectivity index (χ4n) is 2.02. The van der Waals surface area contributed by atoms with Gasteiger partial charge in [0, 0.05) is 11.2 Å². The minimum Gasteiger partial charge on any atom is -0.325 e. The van der Waals surface area contributed by atoms with Gasteiger partial charge in [-0.15, -0.1) is 11.8 Å². The van der Waals surface area contributed by atoms with Crippen molar-refractivity contribution in [2.24, 2.45) is 0 Å². The molecular formula is C16H17NO3S2. The number of carbonyl (C=O) groups is 1. The molecule has 0 saturated carbocycles. The first kappa shape index (κ1) is 16.6. The van der Waals surface area contributed by atoms with Gasteiger partial charge in [-0.05, 0) is 36.1 Å². The molecule has 0 unspecified atom stereocenters. The highest BCUT2D eigenvalue weighted by molar-refractivity contribution is 7.98. The van der Waals surface area contributed by atoms with E-state index in [1.807, 2.05) is 30.5 Å². The standard InChI is InChI=1S/C16H17NO3S2/c1-21-13-9-7-12(8-10-13)11-16(18)17-14-5-3-4-6-15(14)22(2,19)20/h3-10H,11H2,1-2H3,(H,17,18). The summed E-state index contributed by atoms with van der Waals surface area (Å²) in [7, 11) is -3.38. The molecule has 4 nitrogen and oxygen atoms in total. The van der Waals surface area contributed by atoms with Gasteiger partial charge in [-0.25, -0.2) is 8.42 Å². The number of rotatable bonds is 5. The van der Waals surface area contributed by atoms with Gasteiger partial charge >= 0.3 is 0 Å². The smallest absolute Gasteiger partial charge is 0.228 e. The molecule has 1 N–H and O–H groups in total. The number of carbonyl (C=O) groups excluding carboxylic acids is 1. The number of thioether (sulfide) groups is 1. The van der Waals surface area contributed by atoms with E-state index in [9.17, 15) is 13.2 Å². The lowest BCUT2D eigenvalue weighted by atomic mass is 10.1. The van der Waals surface area contributed by atoms with E-state index in [1.165, 1.54) is 6.07 Å². The molecule has 6 heteroatoms. The van der Waals surface area contributed by atoms with E-state index < -0.39 is 9.84 Å². The maximum atomic E-state index is 12.1. The normalized spacial score (nSPS) is 11.2. The van der Waals surface area contributed by atoms with Gasteiger partial charge in [-0.2, -0.15) is 0 Å². The van der Waals surface area contributed by atoms with E-state index in [-0.39, 0.29) is 17.2 Å². The quantitative estimate of drug-likeness (QED) is 0.853. The molecule has 2 rings (SSSR count). The third-order valence-electron chi connectivity index (χ3n) is 3.08. The summed E-state index contributed by atoms with van der Waals surface area (Å²) < 4.78 is 23.4. The maximum Gasteiger partial charge on any atom is 0.228 e. The Hall–Kier alpha value is -1.79. The van der Waals surface area contributed by atoms with Crippen LogP contribution in [0.25, 0.3) is 0 Å². The van der Waals surface area contributed by atoms with Crippen LogP contribution in [-0.2, 0) is 21.1 Å². The van der Waals surface area contributed by atoms with Crippen molar-refractivity contribution >= 4 is 33.2 Å². The number of amides is 1. The van der Waals surface area contributed by atoms with Gasteiger partial charge in [-0.1, -0.05) is 24.3 Å². The van der Waals surface area contributed by atoms with E-state index in [1.54, 1.807) is 30.0 Å². The zero-order chi connectivity index (χ0) is 16.2.